The molecule has 1 aromatic heterocycles. The second-order valence-electron chi connectivity index (χ2n) is 7.21. The number of aromatic nitrogens is 2. The number of carboxylic acids is 1. The van der Waals surface area contributed by atoms with E-state index in [1.165, 1.54) is 18.2 Å². The molecule has 3 rings (SSSR count). The number of hydroxylamine groups is 1. The standard InChI is InChI=1S/C18H19FN7O8P/c1-10(16(28)29)26(34-11-5-3-2-4-6-11)35(31)32-9-18(23-24-21)14(19)13(27)15(33-18)25-8-7-12(20)22-17(25)30/h2-8,10,13-15,27H,9H2,1H3,(H2-,20,22,28,29,30)/p+1/t10?,13-,14+,15-,18-/m1/s1. The normalized spacial score (nSPS) is 25.0. The molecule has 2 unspecified atom stereocenters. The number of ether oxygens (including phenoxy) is 1. The van der Waals surface area contributed by atoms with Gasteiger partial charge in [0.1, 0.15) is 23.4 Å². The van der Waals surface area contributed by atoms with Crippen LogP contribution >= 0.6 is 8.18 Å². The van der Waals surface area contributed by atoms with E-state index in [0.29, 0.717) is 4.83 Å². The van der Waals surface area contributed by atoms with Crippen LogP contribution in [0.15, 0.2) is 52.5 Å². The minimum Gasteiger partial charge on any atom is -0.480 e. The quantitative estimate of drug-likeness (QED) is 0.136. The molecule has 15 nitrogen and oxygen atoms in total. The molecule has 0 saturated carbocycles. The largest absolute Gasteiger partial charge is 0.653 e. The van der Waals surface area contributed by atoms with Gasteiger partial charge in [-0.3, -0.25) is 9.36 Å². The van der Waals surface area contributed by atoms with E-state index in [1.807, 2.05) is 0 Å². The molecule has 1 aliphatic rings. The molecule has 0 bridgehead atoms. The van der Waals surface area contributed by atoms with E-state index in [9.17, 15) is 24.4 Å². The smallest absolute Gasteiger partial charge is 0.480 e. The highest BCUT2D eigenvalue weighted by Crippen LogP contribution is 2.43. The lowest BCUT2D eigenvalue weighted by molar-refractivity contribution is -0.149. The van der Waals surface area contributed by atoms with Gasteiger partial charge in [-0.05, 0) is 35.2 Å². The van der Waals surface area contributed by atoms with Crippen molar-refractivity contribution >= 4 is 20.0 Å². The van der Waals surface area contributed by atoms with E-state index >= 15 is 4.39 Å². The van der Waals surface area contributed by atoms with Gasteiger partial charge >= 0.3 is 19.8 Å². The van der Waals surface area contributed by atoms with Crippen molar-refractivity contribution in [1.29, 1.82) is 0 Å². The van der Waals surface area contributed by atoms with Crippen molar-refractivity contribution in [2.75, 3.05) is 12.3 Å². The summed E-state index contributed by atoms with van der Waals surface area (Å²) in [5.41, 5.74) is 10.8. The highest BCUT2D eigenvalue weighted by Gasteiger charge is 2.59. The Morgan fingerprint density at radius 2 is 2.17 bits per heavy atom. The van der Waals surface area contributed by atoms with Crippen LogP contribution in [0.4, 0.5) is 10.2 Å². The van der Waals surface area contributed by atoms with Crippen molar-refractivity contribution in [1.82, 2.24) is 14.4 Å². The van der Waals surface area contributed by atoms with Gasteiger partial charge in [-0.25, -0.2) is 9.18 Å². The summed E-state index contributed by atoms with van der Waals surface area (Å²) in [6, 6.07) is 7.46. The first-order valence-corrected chi connectivity index (χ1v) is 11.0. The molecule has 6 atom stereocenters. The minimum atomic E-state index is -3.14. The van der Waals surface area contributed by atoms with E-state index in [-0.39, 0.29) is 11.6 Å². The third-order valence-electron chi connectivity index (χ3n) is 4.86. The van der Waals surface area contributed by atoms with Gasteiger partial charge in [0.25, 0.3) is 0 Å². The number of carbonyl (C=O) groups is 1. The Balaban J connectivity index is 1.84. The second-order valence-corrected chi connectivity index (χ2v) is 8.34. The maximum atomic E-state index is 15.1. The number of rotatable bonds is 10. The fourth-order valence-electron chi connectivity index (χ4n) is 3.04. The summed E-state index contributed by atoms with van der Waals surface area (Å²) >= 11 is 0. The second kappa shape index (κ2) is 10.7. The van der Waals surface area contributed by atoms with Crippen LogP contribution in [0, 0.1) is 0 Å². The van der Waals surface area contributed by atoms with Crippen LogP contribution in [0.3, 0.4) is 0 Å². The van der Waals surface area contributed by atoms with Crippen molar-refractivity contribution in [3.63, 3.8) is 0 Å². The first-order chi connectivity index (χ1) is 16.6. The van der Waals surface area contributed by atoms with E-state index in [4.69, 9.17) is 25.4 Å². The SMILES string of the molecule is CC(C(=O)O)N(Oc1ccccc1)[P+](=O)OC[C@@]1(N=[N+]=[N-])O[C@@H](n2ccc(N)nc2=O)[C@H](O)[C@@H]1F. The van der Waals surface area contributed by atoms with Crippen LogP contribution < -0.4 is 16.3 Å². The Morgan fingerprint density at radius 3 is 2.77 bits per heavy atom. The zero-order valence-corrected chi connectivity index (χ0v) is 18.9. The van der Waals surface area contributed by atoms with Gasteiger partial charge in [0.2, 0.25) is 5.72 Å². The van der Waals surface area contributed by atoms with Crippen LogP contribution in [0.5, 0.6) is 5.75 Å². The molecule has 1 aliphatic heterocycles. The van der Waals surface area contributed by atoms with Crippen LogP contribution in [0.25, 0.3) is 10.4 Å². The number of benzene rings is 1. The van der Waals surface area contributed by atoms with Crippen LogP contribution in [-0.2, 0) is 18.6 Å². The summed E-state index contributed by atoms with van der Waals surface area (Å²) in [5, 5.41) is 22.9. The van der Waals surface area contributed by atoms with Crippen LogP contribution in [0.1, 0.15) is 13.2 Å². The van der Waals surface area contributed by atoms with Gasteiger partial charge in [-0.15, -0.1) is 4.52 Å². The molecule has 1 saturated heterocycles. The molecule has 2 aromatic rings. The zero-order chi connectivity index (χ0) is 25.8. The maximum Gasteiger partial charge on any atom is 0.653 e. The number of halogens is 1. The molecular formula is C18H20FN7O8P+. The fraction of sp³-hybridized carbons (Fsp3) is 0.389. The number of nitrogens with two attached hydrogens (primary N) is 1. The summed E-state index contributed by atoms with van der Waals surface area (Å²) in [6.07, 6.45) is -5.09. The number of aliphatic carboxylic acids is 1. The summed E-state index contributed by atoms with van der Waals surface area (Å²) < 4.78 is 39.2. The lowest BCUT2D eigenvalue weighted by atomic mass is 10.1. The lowest BCUT2D eigenvalue weighted by Crippen LogP contribution is -2.43. The molecule has 1 fully saturated rings. The van der Waals surface area contributed by atoms with Crippen LogP contribution in [-0.4, -0.2) is 61.2 Å². The minimum absolute atomic E-state index is 0.128. The summed E-state index contributed by atoms with van der Waals surface area (Å²) in [4.78, 5) is 35.4. The number of hydrogen-bond donors (Lipinski definition) is 3. The highest BCUT2D eigenvalue weighted by molar-refractivity contribution is 7.36. The molecule has 0 radical (unpaired) electrons. The van der Waals surface area contributed by atoms with Gasteiger partial charge < -0.3 is 25.5 Å². The third kappa shape index (κ3) is 5.54. The maximum absolute atomic E-state index is 15.1. The Hall–Kier alpha value is -3.65. The first-order valence-electron chi connectivity index (χ1n) is 9.85. The number of hydrogen-bond acceptors (Lipinski definition) is 10. The number of azide groups is 1. The van der Waals surface area contributed by atoms with E-state index in [0.717, 1.165) is 17.7 Å². The van der Waals surface area contributed by atoms with Gasteiger partial charge in [0.05, 0.1) is 0 Å². The molecule has 0 aliphatic carbocycles. The van der Waals surface area contributed by atoms with Crippen molar-refractivity contribution in [2.45, 2.75) is 37.2 Å². The first kappa shape index (κ1) is 26.0. The molecule has 186 valence electrons. The number of aliphatic hydroxyl groups excluding tert-OH is 1. The topological polar surface area (TPSA) is 215 Å². The number of para-hydroxylation sites is 1. The highest BCUT2D eigenvalue weighted by atomic mass is 31.1. The van der Waals surface area contributed by atoms with E-state index < -0.39 is 56.7 Å². The number of carboxylic acid groups (broad SMARTS) is 1. The lowest BCUT2D eigenvalue weighted by Gasteiger charge is -2.23. The van der Waals surface area contributed by atoms with Gasteiger partial charge in [-0.2, -0.15) is 4.98 Å². The Bertz CT molecular complexity index is 1200. The van der Waals surface area contributed by atoms with Gasteiger partial charge in [0, 0.05) is 11.1 Å². The van der Waals surface area contributed by atoms with Gasteiger partial charge in [0.15, 0.2) is 24.2 Å². The van der Waals surface area contributed by atoms with E-state index in [2.05, 4.69) is 15.0 Å². The predicted molar refractivity (Wildman–Crippen MR) is 115 cm³/mol. The van der Waals surface area contributed by atoms with E-state index in [1.54, 1.807) is 18.2 Å². The molecule has 1 aromatic carbocycles. The molecular weight excluding hydrogens is 492 g/mol. The number of aliphatic hydroxyl groups is 1. The molecule has 2 heterocycles. The summed E-state index contributed by atoms with van der Waals surface area (Å²) in [6.45, 7) is 0.120. The third-order valence-corrected chi connectivity index (χ3v) is 5.96. The Morgan fingerprint density at radius 1 is 1.49 bits per heavy atom. The number of nitrogen functional groups attached to an aromatic ring is 1. The monoisotopic (exact) mass is 512 g/mol. The van der Waals surface area contributed by atoms with Crippen molar-refractivity contribution in [3.8, 4) is 5.75 Å². The molecule has 35 heavy (non-hydrogen) atoms. The van der Waals surface area contributed by atoms with Crippen molar-refractivity contribution in [2.24, 2.45) is 5.11 Å². The van der Waals surface area contributed by atoms with Gasteiger partial charge in [-0.1, -0.05) is 23.3 Å². The summed E-state index contributed by atoms with van der Waals surface area (Å²) in [7, 11) is -3.14. The number of anilines is 1. The Labute approximate surface area is 197 Å². The Kier molecular flexibility index (Phi) is 7.96. The molecule has 4 N–H and O–H groups in total. The molecule has 17 heteroatoms. The molecule has 0 spiro atoms. The zero-order valence-electron chi connectivity index (χ0n) is 18.0. The fourth-order valence-corrected chi connectivity index (χ4v) is 3.99. The average Bonchev–Trinajstić information content (AvgIpc) is 3.07. The van der Waals surface area contributed by atoms with Crippen molar-refractivity contribution < 1.29 is 38.1 Å². The van der Waals surface area contributed by atoms with Crippen LogP contribution in [0.2, 0.25) is 0 Å². The molecule has 0 amide bonds. The van der Waals surface area contributed by atoms with Crippen molar-refractivity contribution in [3.05, 3.63) is 63.5 Å². The number of nitrogens with zero attached hydrogens (tertiary/aromatic N) is 6. The predicted octanol–water partition coefficient (Wildman–Crippen LogP) is 1.50. The average molecular weight is 512 g/mol. The summed E-state index contributed by atoms with van der Waals surface area (Å²) in [5.74, 6) is -1.42. The number of alkyl halides is 1.